The van der Waals surface area contributed by atoms with Gasteiger partial charge in [0.25, 0.3) is 0 Å². The summed E-state index contributed by atoms with van der Waals surface area (Å²) in [4.78, 5) is 8.67. The summed E-state index contributed by atoms with van der Waals surface area (Å²) in [6.07, 6.45) is 7.49. The van der Waals surface area contributed by atoms with Crippen molar-refractivity contribution >= 4 is 21.7 Å². The number of imidazole rings is 1. The van der Waals surface area contributed by atoms with E-state index in [1.807, 2.05) is 41.5 Å². The van der Waals surface area contributed by atoms with Crippen molar-refractivity contribution in [3.05, 3.63) is 67.4 Å². The van der Waals surface area contributed by atoms with Crippen LogP contribution >= 0.6 is 0 Å². The molecule has 0 spiro atoms. The molecule has 0 aliphatic carbocycles. The smallest absolute Gasteiger partial charge is 0.0991 e. The molecule has 0 saturated heterocycles. The lowest BCUT2D eigenvalue weighted by Crippen LogP contribution is -1.93. The summed E-state index contributed by atoms with van der Waals surface area (Å²) in [7, 11) is 0. The maximum absolute atomic E-state index is 4.55. The predicted octanol–water partition coefficient (Wildman–Crippen LogP) is 3.57. The summed E-state index contributed by atoms with van der Waals surface area (Å²) >= 11 is 0. The molecule has 0 aliphatic heterocycles. The third-order valence-corrected chi connectivity index (χ3v) is 3.38. The van der Waals surface area contributed by atoms with E-state index in [2.05, 4.69) is 34.2 Å². The zero-order chi connectivity index (χ0) is 12.7. The third-order valence-electron chi connectivity index (χ3n) is 3.38. The second-order valence-corrected chi connectivity index (χ2v) is 4.49. The Kier molecular flexibility index (Phi) is 2.12. The highest BCUT2D eigenvalue weighted by Gasteiger charge is 2.07. The molecule has 4 rings (SSSR count). The molecule has 0 unspecified atom stereocenters. The molecule has 0 amide bonds. The SMILES string of the molecule is c1ccc2c(c1)cnc1cccc(-n3ccnc3)c12. The summed E-state index contributed by atoms with van der Waals surface area (Å²) in [5.41, 5.74) is 2.12. The molecule has 0 aliphatic rings. The summed E-state index contributed by atoms with van der Waals surface area (Å²) < 4.78 is 2.02. The van der Waals surface area contributed by atoms with Gasteiger partial charge in [-0.2, -0.15) is 0 Å². The Morgan fingerprint density at radius 2 is 1.89 bits per heavy atom. The monoisotopic (exact) mass is 245 g/mol. The normalized spacial score (nSPS) is 11.2. The molecule has 0 fully saturated rings. The van der Waals surface area contributed by atoms with Gasteiger partial charge in [0.15, 0.2) is 0 Å². The van der Waals surface area contributed by atoms with Crippen molar-refractivity contribution in [3.8, 4) is 5.69 Å². The van der Waals surface area contributed by atoms with Gasteiger partial charge < -0.3 is 4.57 Å². The lowest BCUT2D eigenvalue weighted by atomic mass is 10.1. The molecule has 0 atom stereocenters. The zero-order valence-corrected chi connectivity index (χ0v) is 10.2. The molecular weight excluding hydrogens is 234 g/mol. The standard InChI is InChI=1S/C16H11N3/c1-2-5-13-12(4-1)10-18-14-6-3-7-15(16(13)14)19-9-8-17-11-19/h1-11H. The molecule has 2 aromatic carbocycles. The molecule has 0 radical (unpaired) electrons. The first-order chi connectivity index (χ1) is 9.43. The van der Waals surface area contributed by atoms with Crippen LogP contribution in [0.3, 0.4) is 0 Å². The van der Waals surface area contributed by atoms with Crippen LogP contribution in [0.2, 0.25) is 0 Å². The molecule has 3 nitrogen and oxygen atoms in total. The number of nitrogens with zero attached hydrogens (tertiary/aromatic N) is 3. The van der Waals surface area contributed by atoms with Gasteiger partial charge in [0, 0.05) is 29.4 Å². The highest BCUT2D eigenvalue weighted by molar-refractivity contribution is 6.09. The molecule has 2 heterocycles. The first kappa shape index (κ1) is 10.3. The van der Waals surface area contributed by atoms with Crippen LogP contribution in [0, 0.1) is 0 Å². The summed E-state index contributed by atoms with van der Waals surface area (Å²) in [6, 6.07) is 14.5. The van der Waals surface area contributed by atoms with Crippen molar-refractivity contribution in [1.82, 2.24) is 14.5 Å². The number of fused-ring (bicyclic) bond motifs is 3. The van der Waals surface area contributed by atoms with Gasteiger partial charge in [-0.15, -0.1) is 0 Å². The Bertz CT molecular complexity index is 864. The molecule has 90 valence electrons. The van der Waals surface area contributed by atoms with Crippen molar-refractivity contribution in [1.29, 1.82) is 0 Å². The zero-order valence-electron chi connectivity index (χ0n) is 10.2. The number of rotatable bonds is 1. The van der Waals surface area contributed by atoms with Crippen molar-refractivity contribution in [2.75, 3.05) is 0 Å². The summed E-state index contributed by atoms with van der Waals surface area (Å²) in [5, 5.41) is 3.54. The van der Waals surface area contributed by atoms with Crippen LogP contribution in [0.15, 0.2) is 67.4 Å². The molecule has 0 saturated carbocycles. The predicted molar refractivity (Wildman–Crippen MR) is 76.4 cm³/mol. The van der Waals surface area contributed by atoms with Gasteiger partial charge in [0.1, 0.15) is 0 Å². The molecule has 0 N–H and O–H groups in total. The van der Waals surface area contributed by atoms with E-state index in [9.17, 15) is 0 Å². The number of benzene rings is 2. The fourth-order valence-corrected chi connectivity index (χ4v) is 2.50. The second-order valence-electron chi connectivity index (χ2n) is 4.49. The summed E-state index contributed by atoms with van der Waals surface area (Å²) in [6.45, 7) is 0. The highest BCUT2D eigenvalue weighted by atomic mass is 15.0. The van der Waals surface area contributed by atoms with Gasteiger partial charge >= 0.3 is 0 Å². The van der Waals surface area contributed by atoms with Gasteiger partial charge in [-0.25, -0.2) is 4.98 Å². The largest absolute Gasteiger partial charge is 0.306 e. The van der Waals surface area contributed by atoms with Crippen molar-refractivity contribution in [2.45, 2.75) is 0 Å². The Morgan fingerprint density at radius 1 is 0.947 bits per heavy atom. The van der Waals surface area contributed by atoms with E-state index in [4.69, 9.17) is 0 Å². The lowest BCUT2D eigenvalue weighted by Gasteiger charge is -2.09. The van der Waals surface area contributed by atoms with Gasteiger partial charge in [-0.3, -0.25) is 4.98 Å². The van der Waals surface area contributed by atoms with E-state index in [-0.39, 0.29) is 0 Å². The van der Waals surface area contributed by atoms with E-state index < -0.39 is 0 Å². The quantitative estimate of drug-likeness (QED) is 0.480. The van der Waals surface area contributed by atoms with E-state index in [0.717, 1.165) is 16.6 Å². The van der Waals surface area contributed by atoms with Crippen molar-refractivity contribution < 1.29 is 0 Å². The maximum Gasteiger partial charge on any atom is 0.0991 e. The topological polar surface area (TPSA) is 30.7 Å². The van der Waals surface area contributed by atoms with Crippen LogP contribution in [0.5, 0.6) is 0 Å². The fraction of sp³-hybridized carbons (Fsp3) is 0. The van der Waals surface area contributed by atoms with Gasteiger partial charge in [0.2, 0.25) is 0 Å². The van der Waals surface area contributed by atoms with Crippen LogP contribution in [-0.2, 0) is 0 Å². The van der Waals surface area contributed by atoms with E-state index in [1.54, 1.807) is 6.20 Å². The number of pyridine rings is 1. The fourth-order valence-electron chi connectivity index (χ4n) is 2.50. The van der Waals surface area contributed by atoms with Crippen LogP contribution < -0.4 is 0 Å². The average Bonchev–Trinajstić information content (AvgIpc) is 3.00. The first-order valence-electron chi connectivity index (χ1n) is 6.18. The van der Waals surface area contributed by atoms with Crippen LogP contribution in [0.25, 0.3) is 27.4 Å². The van der Waals surface area contributed by atoms with Gasteiger partial charge in [-0.1, -0.05) is 30.3 Å². The second kappa shape index (κ2) is 3.92. The molecule has 3 heteroatoms. The van der Waals surface area contributed by atoms with Gasteiger partial charge in [-0.05, 0) is 17.5 Å². The Balaban J connectivity index is 2.22. The lowest BCUT2D eigenvalue weighted by molar-refractivity contribution is 1.07. The average molecular weight is 245 g/mol. The summed E-state index contributed by atoms with van der Waals surface area (Å²) in [5.74, 6) is 0. The van der Waals surface area contributed by atoms with E-state index in [0.29, 0.717) is 0 Å². The minimum Gasteiger partial charge on any atom is -0.306 e. The molecule has 19 heavy (non-hydrogen) atoms. The minimum absolute atomic E-state index is 1.00. The van der Waals surface area contributed by atoms with Crippen molar-refractivity contribution in [3.63, 3.8) is 0 Å². The Labute approximate surface area is 110 Å². The number of aromatic nitrogens is 3. The highest BCUT2D eigenvalue weighted by Crippen LogP contribution is 2.28. The third kappa shape index (κ3) is 1.52. The maximum atomic E-state index is 4.55. The minimum atomic E-state index is 1.00. The van der Waals surface area contributed by atoms with Crippen LogP contribution in [0.4, 0.5) is 0 Å². The Hall–Kier alpha value is -2.68. The van der Waals surface area contributed by atoms with Crippen LogP contribution in [-0.4, -0.2) is 14.5 Å². The van der Waals surface area contributed by atoms with E-state index >= 15 is 0 Å². The molecular formula is C16H11N3. The molecule has 4 aromatic rings. The number of hydrogen-bond acceptors (Lipinski definition) is 2. The van der Waals surface area contributed by atoms with Gasteiger partial charge in [0.05, 0.1) is 17.5 Å². The molecule has 2 aromatic heterocycles. The van der Waals surface area contributed by atoms with E-state index in [1.165, 1.54) is 10.8 Å². The van der Waals surface area contributed by atoms with Crippen LogP contribution in [0.1, 0.15) is 0 Å². The Morgan fingerprint density at radius 3 is 2.79 bits per heavy atom. The first-order valence-corrected chi connectivity index (χ1v) is 6.18. The number of hydrogen-bond donors (Lipinski definition) is 0. The molecule has 0 bridgehead atoms. The van der Waals surface area contributed by atoms with Crippen molar-refractivity contribution in [2.24, 2.45) is 0 Å².